The number of para-hydroxylation sites is 1. The lowest BCUT2D eigenvalue weighted by Gasteiger charge is -2.22. The molecule has 1 aliphatic rings. The van der Waals surface area contributed by atoms with Crippen molar-refractivity contribution in [1.82, 2.24) is 4.57 Å². The summed E-state index contributed by atoms with van der Waals surface area (Å²) in [6, 6.07) is 14.4. The SMILES string of the molecule is Cc1ccc(NC(=O)c2cc3cccc4c3n2CC(C)S4)c(C)c1. The zero-order valence-corrected chi connectivity index (χ0v) is 14.9. The van der Waals surface area contributed by atoms with Gasteiger partial charge in [-0.1, -0.05) is 36.8 Å². The van der Waals surface area contributed by atoms with Gasteiger partial charge in [-0.25, -0.2) is 0 Å². The van der Waals surface area contributed by atoms with Crippen molar-refractivity contribution in [3.05, 3.63) is 59.3 Å². The smallest absolute Gasteiger partial charge is 0.272 e. The van der Waals surface area contributed by atoms with Gasteiger partial charge in [0, 0.05) is 27.8 Å². The first kappa shape index (κ1) is 15.3. The highest BCUT2D eigenvalue weighted by molar-refractivity contribution is 8.00. The third kappa shape index (κ3) is 2.51. The van der Waals surface area contributed by atoms with Gasteiger partial charge >= 0.3 is 0 Å². The van der Waals surface area contributed by atoms with E-state index in [9.17, 15) is 4.79 Å². The summed E-state index contributed by atoms with van der Waals surface area (Å²) < 4.78 is 2.17. The van der Waals surface area contributed by atoms with E-state index < -0.39 is 0 Å². The molecule has 0 aliphatic carbocycles. The van der Waals surface area contributed by atoms with Crippen LogP contribution in [-0.4, -0.2) is 15.7 Å². The lowest BCUT2D eigenvalue weighted by Crippen LogP contribution is -2.22. The molecule has 3 aromatic rings. The second kappa shape index (κ2) is 5.71. The predicted octanol–water partition coefficient (Wildman–Crippen LogP) is 5.00. The van der Waals surface area contributed by atoms with Crippen molar-refractivity contribution in [3.8, 4) is 0 Å². The van der Waals surface area contributed by atoms with E-state index in [4.69, 9.17) is 0 Å². The molecule has 1 unspecified atom stereocenters. The Hall–Kier alpha value is -2.20. The van der Waals surface area contributed by atoms with E-state index in [-0.39, 0.29) is 5.91 Å². The van der Waals surface area contributed by atoms with Gasteiger partial charge in [-0.15, -0.1) is 11.8 Å². The van der Waals surface area contributed by atoms with Crippen LogP contribution in [0.4, 0.5) is 5.69 Å². The number of nitrogens with zero attached hydrogens (tertiary/aromatic N) is 1. The van der Waals surface area contributed by atoms with Crippen LogP contribution < -0.4 is 5.32 Å². The Morgan fingerprint density at radius 2 is 2.04 bits per heavy atom. The Kier molecular flexibility index (Phi) is 3.65. The van der Waals surface area contributed by atoms with Crippen LogP contribution in [0.25, 0.3) is 10.9 Å². The Morgan fingerprint density at radius 1 is 1.21 bits per heavy atom. The van der Waals surface area contributed by atoms with Gasteiger partial charge in [0.2, 0.25) is 0 Å². The highest BCUT2D eigenvalue weighted by atomic mass is 32.2. The van der Waals surface area contributed by atoms with Crippen LogP contribution in [-0.2, 0) is 6.54 Å². The van der Waals surface area contributed by atoms with E-state index in [1.165, 1.54) is 16.0 Å². The highest BCUT2D eigenvalue weighted by Gasteiger charge is 2.24. The topological polar surface area (TPSA) is 34.0 Å². The number of rotatable bonds is 2. The summed E-state index contributed by atoms with van der Waals surface area (Å²) in [5, 5.41) is 4.68. The van der Waals surface area contributed by atoms with Crippen LogP contribution in [0.5, 0.6) is 0 Å². The van der Waals surface area contributed by atoms with Gasteiger partial charge in [-0.3, -0.25) is 4.79 Å². The number of benzene rings is 2. The largest absolute Gasteiger partial charge is 0.334 e. The van der Waals surface area contributed by atoms with Gasteiger partial charge in [-0.2, -0.15) is 0 Å². The Bertz CT molecular complexity index is 958. The minimum atomic E-state index is -0.0387. The molecule has 2 heterocycles. The molecule has 2 aromatic carbocycles. The number of carbonyl (C=O) groups is 1. The number of aromatic nitrogens is 1. The van der Waals surface area contributed by atoms with Crippen molar-refractivity contribution in [3.63, 3.8) is 0 Å². The number of carbonyl (C=O) groups excluding carboxylic acids is 1. The van der Waals surface area contributed by atoms with E-state index in [1.807, 2.05) is 36.9 Å². The van der Waals surface area contributed by atoms with Crippen LogP contribution in [0.3, 0.4) is 0 Å². The normalized spacial score (nSPS) is 16.4. The van der Waals surface area contributed by atoms with E-state index >= 15 is 0 Å². The van der Waals surface area contributed by atoms with E-state index in [0.29, 0.717) is 5.25 Å². The first-order chi connectivity index (χ1) is 11.5. The minimum Gasteiger partial charge on any atom is -0.334 e. The first-order valence-electron chi connectivity index (χ1n) is 8.20. The molecule has 0 bridgehead atoms. The molecular weight excluding hydrogens is 316 g/mol. The molecule has 24 heavy (non-hydrogen) atoms. The fraction of sp³-hybridized carbons (Fsp3) is 0.250. The second-order valence-corrected chi connectivity index (χ2v) is 8.02. The van der Waals surface area contributed by atoms with Gasteiger partial charge < -0.3 is 9.88 Å². The first-order valence-corrected chi connectivity index (χ1v) is 9.08. The molecule has 0 spiro atoms. The molecular formula is C20H20N2OS. The molecule has 1 aromatic heterocycles. The number of anilines is 1. The van der Waals surface area contributed by atoms with Gasteiger partial charge in [0.15, 0.2) is 0 Å². The maximum absolute atomic E-state index is 12.9. The Morgan fingerprint density at radius 3 is 2.83 bits per heavy atom. The van der Waals surface area contributed by atoms with E-state index in [0.717, 1.165) is 28.9 Å². The molecule has 0 saturated carbocycles. The molecule has 122 valence electrons. The monoisotopic (exact) mass is 336 g/mol. The van der Waals surface area contributed by atoms with Crippen molar-refractivity contribution >= 4 is 34.3 Å². The van der Waals surface area contributed by atoms with Gasteiger partial charge in [-0.05, 0) is 37.6 Å². The molecule has 1 atom stereocenters. The van der Waals surface area contributed by atoms with E-state index in [2.05, 4.69) is 48.0 Å². The molecule has 0 saturated heterocycles. The van der Waals surface area contributed by atoms with Crippen molar-refractivity contribution in [2.75, 3.05) is 5.32 Å². The summed E-state index contributed by atoms with van der Waals surface area (Å²) >= 11 is 1.88. The Balaban J connectivity index is 1.76. The maximum Gasteiger partial charge on any atom is 0.272 e. The lowest BCUT2D eigenvalue weighted by molar-refractivity contribution is 0.101. The Labute approximate surface area is 146 Å². The quantitative estimate of drug-likeness (QED) is 0.714. The average molecular weight is 336 g/mol. The average Bonchev–Trinajstić information content (AvgIpc) is 2.90. The van der Waals surface area contributed by atoms with Crippen molar-refractivity contribution in [2.24, 2.45) is 0 Å². The van der Waals surface area contributed by atoms with Crippen LogP contribution in [0, 0.1) is 13.8 Å². The molecule has 4 heteroatoms. The summed E-state index contributed by atoms with van der Waals surface area (Å²) in [6.45, 7) is 7.15. The number of nitrogens with one attached hydrogen (secondary N) is 1. The summed E-state index contributed by atoms with van der Waals surface area (Å²) in [5.41, 5.74) is 5.09. The maximum atomic E-state index is 12.9. The van der Waals surface area contributed by atoms with Crippen LogP contribution >= 0.6 is 11.8 Å². The highest BCUT2D eigenvalue weighted by Crippen LogP contribution is 2.38. The molecule has 1 amide bonds. The minimum absolute atomic E-state index is 0.0387. The zero-order valence-electron chi connectivity index (χ0n) is 14.1. The molecule has 1 N–H and O–H groups in total. The number of amides is 1. The standard InChI is InChI=1S/C20H20N2OS/c1-12-7-8-16(13(2)9-12)21-20(23)17-10-15-5-4-6-18-19(15)22(17)11-14(3)24-18/h4-10,14H,11H2,1-3H3,(H,21,23). The second-order valence-electron chi connectivity index (χ2n) is 6.54. The van der Waals surface area contributed by atoms with Gasteiger partial charge in [0.1, 0.15) is 5.69 Å². The summed E-state index contributed by atoms with van der Waals surface area (Å²) in [7, 11) is 0. The van der Waals surface area contributed by atoms with Crippen LogP contribution in [0.1, 0.15) is 28.5 Å². The molecule has 0 radical (unpaired) electrons. The van der Waals surface area contributed by atoms with Crippen LogP contribution in [0.2, 0.25) is 0 Å². The number of thioether (sulfide) groups is 1. The van der Waals surface area contributed by atoms with Crippen molar-refractivity contribution < 1.29 is 4.79 Å². The molecule has 4 rings (SSSR count). The fourth-order valence-electron chi connectivity index (χ4n) is 3.41. The third-order valence-electron chi connectivity index (χ3n) is 4.51. The third-order valence-corrected chi connectivity index (χ3v) is 5.65. The zero-order chi connectivity index (χ0) is 16.8. The molecule has 1 aliphatic heterocycles. The van der Waals surface area contributed by atoms with Crippen molar-refractivity contribution in [1.29, 1.82) is 0 Å². The molecule has 3 nitrogen and oxygen atoms in total. The van der Waals surface area contributed by atoms with Crippen LogP contribution in [0.15, 0.2) is 47.4 Å². The van der Waals surface area contributed by atoms with Gasteiger partial charge in [0.05, 0.1) is 5.52 Å². The predicted molar refractivity (Wildman–Crippen MR) is 101 cm³/mol. The fourth-order valence-corrected chi connectivity index (χ4v) is 4.57. The summed E-state index contributed by atoms with van der Waals surface area (Å²) in [5.74, 6) is -0.0387. The number of hydrogen-bond acceptors (Lipinski definition) is 2. The molecule has 0 fully saturated rings. The summed E-state index contributed by atoms with van der Waals surface area (Å²) in [4.78, 5) is 14.2. The van der Waals surface area contributed by atoms with E-state index in [1.54, 1.807) is 0 Å². The lowest BCUT2D eigenvalue weighted by atomic mass is 10.1. The number of aryl methyl sites for hydroxylation is 2. The summed E-state index contributed by atoms with van der Waals surface area (Å²) in [6.07, 6.45) is 0. The number of hydrogen-bond donors (Lipinski definition) is 1. The van der Waals surface area contributed by atoms with Crippen molar-refractivity contribution in [2.45, 2.75) is 37.5 Å². The van der Waals surface area contributed by atoms with Gasteiger partial charge in [0.25, 0.3) is 5.91 Å².